The lowest BCUT2D eigenvalue weighted by Crippen LogP contribution is -2.24. The first kappa shape index (κ1) is 21.2. The molecule has 0 unspecified atom stereocenters. The zero-order valence-corrected chi connectivity index (χ0v) is 17.7. The van der Waals surface area contributed by atoms with Crippen LogP contribution in [0.3, 0.4) is 0 Å². The Morgan fingerprint density at radius 1 is 1.00 bits per heavy atom. The van der Waals surface area contributed by atoms with Crippen LogP contribution in [0.2, 0.25) is 0 Å². The molecule has 5 nitrogen and oxygen atoms in total. The Kier molecular flexibility index (Phi) is 7.58. The standard InChI is InChI=1S/C23H27NO4S/c1-27-21-12-11-17(13-22(21)28-2)20(25)15-29-19-10-6-9-18(14-19)24-23(26)16-7-4-3-5-8-16/h6,9-14,16H,3-5,7-8,15H2,1-2H3,(H,24,26). The lowest BCUT2D eigenvalue weighted by Gasteiger charge is -2.20. The first-order valence-corrected chi connectivity index (χ1v) is 10.9. The molecular weight excluding hydrogens is 386 g/mol. The second kappa shape index (κ2) is 10.3. The van der Waals surface area contributed by atoms with Crippen molar-refractivity contribution in [2.24, 2.45) is 5.92 Å². The molecule has 0 saturated heterocycles. The predicted molar refractivity (Wildman–Crippen MR) is 116 cm³/mol. The van der Waals surface area contributed by atoms with Crippen LogP contribution in [0.5, 0.6) is 11.5 Å². The Bertz CT molecular complexity index is 862. The van der Waals surface area contributed by atoms with E-state index < -0.39 is 0 Å². The third kappa shape index (κ3) is 5.76. The number of methoxy groups -OCH3 is 2. The summed E-state index contributed by atoms with van der Waals surface area (Å²) in [6.45, 7) is 0. The van der Waals surface area contributed by atoms with E-state index in [0.717, 1.165) is 36.3 Å². The van der Waals surface area contributed by atoms with Crippen molar-refractivity contribution in [2.45, 2.75) is 37.0 Å². The topological polar surface area (TPSA) is 64.6 Å². The van der Waals surface area contributed by atoms with Gasteiger partial charge in [0.15, 0.2) is 17.3 Å². The van der Waals surface area contributed by atoms with E-state index >= 15 is 0 Å². The van der Waals surface area contributed by atoms with E-state index in [1.54, 1.807) is 32.4 Å². The minimum Gasteiger partial charge on any atom is -0.493 e. The summed E-state index contributed by atoms with van der Waals surface area (Å²) in [5.41, 5.74) is 1.36. The van der Waals surface area contributed by atoms with Crippen LogP contribution in [0.25, 0.3) is 0 Å². The fourth-order valence-electron chi connectivity index (χ4n) is 3.51. The summed E-state index contributed by atoms with van der Waals surface area (Å²) >= 11 is 1.45. The molecule has 0 spiro atoms. The number of nitrogens with one attached hydrogen (secondary N) is 1. The number of anilines is 1. The third-order valence-electron chi connectivity index (χ3n) is 5.15. The van der Waals surface area contributed by atoms with Crippen molar-refractivity contribution < 1.29 is 19.1 Å². The van der Waals surface area contributed by atoms with Crippen molar-refractivity contribution >= 4 is 29.1 Å². The highest BCUT2D eigenvalue weighted by Gasteiger charge is 2.21. The van der Waals surface area contributed by atoms with Gasteiger partial charge in [-0.3, -0.25) is 9.59 Å². The Labute approximate surface area is 176 Å². The molecule has 29 heavy (non-hydrogen) atoms. The van der Waals surface area contributed by atoms with Crippen molar-refractivity contribution in [1.29, 1.82) is 0 Å². The van der Waals surface area contributed by atoms with Gasteiger partial charge in [-0.15, -0.1) is 11.8 Å². The molecule has 6 heteroatoms. The van der Waals surface area contributed by atoms with E-state index in [0.29, 0.717) is 22.8 Å². The summed E-state index contributed by atoms with van der Waals surface area (Å²) < 4.78 is 10.5. The zero-order chi connectivity index (χ0) is 20.6. The predicted octanol–water partition coefficient (Wildman–Crippen LogP) is 5.20. The average molecular weight is 414 g/mol. The Balaban J connectivity index is 1.58. The maximum atomic E-state index is 12.6. The number of thioether (sulfide) groups is 1. The van der Waals surface area contributed by atoms with Crippen molar-refractivity contribution in [1.82, 2.24) is 0 Å². The number of rotatable bonds is 8. The van der Waals surface area contributed by atoms with Crippen molar-refractivity contribution in [3.8, 4) is 11.5 Å². The number of benzene rings is 2. The molecule has 1 aliphatic rings. The number of carbonyl (C=O) groups is 2. The number of Topliss-reactive ketones (excluding diaryl/α,β-unsaturated/α-hetero) is 1. The molecule has 0 bridgehead atoms. The molecule has 2 aromatic rings. The van der Waals surface area contributed by atoms with E-state index in [2.05, 4.69) is 5.32 Å². The van der Waals surface area contributed by atoms with E-state index in [-0.39, 0.29) is 17.6 Å². The van der Waals surface area contributed by atoms with Crippen LogP contribution in [0, 0.1) is 5.92 Å². The SMILES string of the molecule is COc1ccc(C(=O)CSc2cccc(NC(=O)C3CCCCC3)c2)cc1OC. The fourth-order valence-corrected chi connectivity index (χ4v) is 4.36. The van der Waals surface area contributed by atoms with E-state index in [9.17, 15) is 9.59 Å². The molecule has 2 aromatic carbocycles. The molecule has 154 valence electrons. The molecule has 1 amide bonds. The van der Waals surface area contributed by atoms with Gasteiger partial charge in [-0.25, -0.2) is 0 Å². The van der Waals surface area contributed by atoms with Crippen LogP contribution in [0.15, 0.2) is 47.4 Å². The van der Waals surface area contributed by atoms with Gasteiger partial charge in [-0.2, -0.15) is 0 Å². The fraction of sp³-hybridized carbons (Fsp3) is 0.391. The summed E-state index contributed by atoms with van der Waals surface area (Å²) in [7, 11) is 3.11. The van der Waals surface area contributed by atoms with Crippen LogP contribution in [0.4, 0.5) is 5.69 Å². The molecule has 0 heterocycles. The number of hydrogen-bond donors (Lipinski definition) is 1. The lowest BCUT2D eigenvalue weighted by molar-refractivity contribution is -0.120. The van der Waals surface area contributed by atoms with Gasteiger partial charge >= 0.3 is 0 Å². The average Bonchev–Trinajstić information content (AvgIpc) is 2.77. The summed E-state index contributed by atoms with van der Waals surface area (Å²) in [6, 6.07) is 12.8. The van der Waals surface area contributed by atoms with Crippen LogP contribution < -0.4 is 14.8 Å². The number of carbonyl (C=O) groups excluding carboxylic acids is 2. The highest BCUT2D eigenvalue weighted by atomic mass is 32.2. The van der Waals surface area contributed by atoms with Gasteiger partial charge in [0.1, 0.15) is 0 Å². The quantitative estimate of drug-likeness (QED) is 0.476. The monoisotopic (exact) mass is 413 g/mol. The summed E-state index contributed by atoms with van der Waals surface area (Å²) in [4.78, 5) is 26.0. The van der Waals surface area contributed by atoms with Crippen molar-refractivity contribution in [3.63, 3.8) is 0 Å². The molecule has 1 fully saturated rings. The molecule has 1 N–H and O–H groups in total. The van der Waals surface area contributed by atoms with Crippen LogP contribution in [0.1, 0.15) is 42.5 Å². The molecule has 1 aliphatic carbocycles. The van der Waals surface area contributed by atoms with Gasteiger partial charge in [-0.05, 0) is 49.2 Å². The smallest absolute Gasteiger partial charge is 0.227 e. The maximum absolute atomic E-state index is 12.6. The molecule has 3 rings (SSSR count). The van der Waals surface area contributed by atoms with Gasteiger partial charge in [0.25, 0.3) is 0 Å². The highest BCUT2D eigenvalue weighted by Crippen LogP contribution is 2.29. The minimum atomic E-state index is 0.00703. The molecule has 0 radical (unpaired) electrons. The second-order valence-corrected chi connectivity index (χ2v) is 8.18. The van der Waals surface area contributed by atoms with Crippen LogP contribution in [-0.4, -0.2) is 31.7 Å². The molecule has 0 aromatic heterocycles. The van der Waals surface area contributed by atoms with Crippen molar-refractivity contribution in [3.05, 3.63) is 48.0 Å². The Morgan fingerprint density at radius 2 is 1.76 bits per heavy atom. The first-order valence-electron chi connectivity index (χ1n) is 9.89. The summed E-state index contributed by atoms with van der Waals surface area (Å²) in [5, 5.41) is 3.03. The molecule has 1 saturated carbocycles. The summed E-state index contributed by atoms with van der Waals surface area (Å²) in [6.07, 6.45) is 5.43. The third-order valence-corrected chi connectivity index (χ3v) is 6.15. The number of amides is 1. The van der Waals surface area contributed by atoms with E-state index in [1.807, 2.05) is 24.3 Å². The normalized spacial score (nSPS) is 14.3. The lowest BCUT2D eigenvalue weighted by atomic mass is 9.88. The Morgan fingerprint density at radius 3 is 2.48 bits per heavy atom. The van der Waals surface area contributed by atoms with Crippen LogP contribution in [-0.2, 0) is 4.79 Å². The minimum absolute atomic E-state index is 0.00703. The van der Waals surface area contributed by atoms with Gasteiger partial charge < -0.3 is 14.8 Å². The second-order valence-electron chi connectivity index (χ2n) is 7.13. The number of ether oxygens (including phenoxy) is 2. The summed E-state index contributed by atoms with van der Waals surface area (Å²) in [5.74, 6) is 1.66. The highest BCUT2D eigenvalue weighted by molar-refractivity contribution is 8.00. The Hall–Kier alpha value is -2.47. The van der Waals surface area contributed by atoms with Crippen LogP contribution >= 0.6 is 11.8 Å². The number of hydrogen-bond acceptors (Lipinski definition) is 5. The first-order chi connectivity index (χ1) is 14.1. The maximum Gasteiger partial charge on any atom is 0.227 e. The van der Waals surface area contributed by atoms with Gasteiger partial charge in [0.05, 0.1) is 20.0 Å². The molecular formula is C23H27NO4S. The molecule has 0 aliphatic heterocycles. The molecule has 0 atom stereocenters. The van der Waals surface area contributed by atoms with Gasteiger partial charge in [0, 0.05) is 22.1 Å². The van der Waals surface area contributed by atoms with Crippen molar-refractivity contribution in [2.75, 3.05) is 25.3 Å². The van der Waals surface area contributed by atoms with E-state index in [1.165, 1.54) is 18.2 Å². The van der Waals surface area contributed by atoms with E-state index in [4.69, 9.17) is 9.47 Å². The van der Waals surface area contributed by atoms with Gasteiger partial charge in [0.2, 0.25) is 5.91 Å². The van der Waals surface area contributed by atoms with Gasteiger partial charge in [-0.1, -0.05) is 25.3 Å². The largest absolute Gasteiger partial charge is 0.493 e. The zero-order valence-electron chi connectivity index (χ0n) is 16.9. The number of ketones is 1.